The lowest BCUT2D eigenvalue weighted by Crippen LogP contribution is -2.11. The highest BCUT2D eigenvalue weighted by Crippen LogP contribution is 2.37. The molecule has 1 heterocycles. The molecule has 1 aliphatic rings. The van der Waals surface area contributed by atoms with E-state index in [0.29, 0.717) is 11.8 Å². The van der Waals surface area contributed by atoms with Crippen molar-refractivity contribution in [2.75, 3.05) is 5.88 Å². The van der Waals surface area contributed by atoms with E-state index in [0.717, 1.165) is 12.8 Å². The van der Waals surface area contributed by atoms with Crippen LogP contribution in [0.3, 0.4) is 0 Å². The smallest absolute Gasteiger partial charge is 0.0688 e. The molecular weight excluding hydrogens is 196 g/mol. The summed E-state index contributed by atoms with van der Waals surface area (Å²) in [6.45, 7) is 2.16. The van der Waals surface area contributed by atoms with E-state index in [-0.39, 0.29) is 0 Å². The number of hydrogen-bond donors (Lipinski definition) is 1. The summed E-state index contributed by atoms with van der Waals surface area (Å²) in [5.41, 5.74) is 3.98. The number of H-pyrrole nitrogens is 1. The summed E-state index contributed by atoms with van der Waals surface area (Å²) in [6, 6.07) is 0. The van der Waals surface area contributed by atoms with Gasteiger partial charge in [0.25, 0.3) is 0 Å². The molecule has 0 aromatic carbocycles. The quantitative estimate of drug-likeness (QED) is 0.764. The van der Waals surface area contributed by atoms with Crippen molar-refractivity contribution >= 4 is 11.6 Å². The van der Waals surface area contributed by atoms with Crippen molar-refractivity contribution < 1.29 is 0 Å². The summed E-state index contributed by atoms with van der Waals surface area (Å²) in [5, 5.41) is 7.59. The standard InChI is InChI=1S/C11H17ClN2/c1-2-10-9(6-7-12)11(14-13-10)8-4-3-5-8/h8H,2-7H2,1H3,(H,13,14). The average Bonchev–Trinajstić information content (AvgIpc) is 2.47. The first kappa shape index (κ1) is 10.0. The minimum absolute atomic E-state index is 0.701. The van der Waals surface area contributed by atoms with Gasteiger partial charge < -0.3 is 0 Å². The number of halogens is 1. The SMILES string of the molecule is CCc1[nH]nc(C2CCC2)c1CCCl. The molecule has 1 aromatic rings. The molecule has 0 bridgehead atoms. The number of hydrogen-bond acceptors (Lipinski definition) is 1. The molecule has 0 saturated heterocycles. The minimum Gasteiger partial charge on any atom is -0.282 e. The van der Waals surface area contributed by atoms with Crippen LogP contribution in [-0.2, 0) is 12.8 Å². The number of rotatable bonds is 4. The Morgan fingerprint density at radius 2 is 2.29 bits per heavy atom. The molecule has 0 atom stereocenters. The zero-order valence-electron chi connectivity index (χ0n) is 8.65. The van der Waals surface area contributed by atoms with E-state index in [2.05, 4.69) is 17.1 Å². The number of alkyl halides is 1. The van der Waals surface area contributed by atoms with Crippen molar-refractivity contribution in [1.29, 1.82) is 0 Å². The van der Waals surface area contributed by atoms with Gasteiger partial charge in [0, 0.05) is 17.5 Å². The van der Waals surface area contributed by atoms with Gasteiger partial charge in [-0.25, -0.2) is 0 Å². The van der Waals surface area contributed by atoms with Crippen molar-refractivity contribution in [1.82, 2.24) is 10.2 Å². The Hall–Kier alpha value is -0.500. The number of aryl methyl sites for hydroxylation is 1. The third-order valence-electron chi connectivity index (χ3n) is 3.17. The highest BCUT2D eigenvalue weighted by Gasteiger charge is 2.25. The predicted molar refractivity (Wildman–Crippen MR) is 59.0 cm³/mol. The van der Waals surface area contributed by atoms with Crippen molar-refractivity contribution in [3.05, 3.63) is 17.0 Å². The molecule has 1 aliphatic carbocycles. The van der Waals surface area contributed by atoms with E-state index in [9.17, 15) is 0 Å². The number of aromatic amines is 1. The molecule has 1 saturated carbocycles. The maximum Gasteiger partial charge on any atom is 0.0688 e. The summed E-state index contributed by atoms with van der Waals surface area (Å²) >= 11 is 5.82. The lowest BCUT2D eigenvalue weighted by molar-refractivity contribution is 0.408. The first-order valence-corrected chi connectivity index (χ1v) is 6.02. The fraction of sp³-hybridized carbons (Fsp3) is 0.727. The summed E-state index contributed by atoms with van der Waals surface area (Å²) in [6.07, 6.45) is 5.98. The summed E-state index contributed by atoms with van der Waals surface area (Å²) < 4.78 is 0. The molecule has 0 aliphatic heterocycles. The van der Waals surface area contributed by atoms with Gasteiger partial charge in [-0.15, -0.1) is 11.6 Å². The van der Waals surface area contributed by atoms with Crippen LogP contribution in [-0.4, -0.2) is 16.1 Å². The molecule has 1 fully saturated rings. The third kappa shape index (κ3) is 1.68. The van der Waals surface area contributed by atoms with Gasteiger partial charge in [0.1, 0.15) is 0 Å². The van der Waals surface area contributed by atoms with Gasteiger partial charge in [-0.1, -0.05) is 13.3 Å². The molecule has 0 spiro atoms. The molecule has 0 unspecified atom stereocenters. The molecule has 2 rings (SSSR count). The van der Waals surface area contributed by atoms with Crippen LogP contribution < -0.4 is 0 Å². The van der Waals surface area contributed by atoms with E-state index >= 15 is 0 Å². The van der Waals surface area contributed by atoms with Gasteiger partial charge in [-0.2, -0.15) is 5.10 Å². The topological polar surface area (TPSA) is 28.7 Å². The molecule has 0 amide bonds. The van der Waals surface area contributed by atoms with Crippen molar-refractivity contribution in [2.45, 2.75) is 44.9 Å². The molecule has 1 aromatic heterocycles. The third-order valence-corrected chi connectivity index (χ3v) is 3.36. The Bertz CT molecular complexity index is 302. The Kier molecular flexibility index (Phi) is 3.12. The lowest BCUT2D eigenvalue weighted by Gasteiger charge is -2.24. The summed E-state index contributed by atoms with van der Waals surface area (Å²) in [7, 11) is 0. The van der Waals surface area contributed by atoms with Gasteiger partial charge in [-0.3, -0.25) is 5.10 Å². The van der Waals surface area contributed by atoms with Gasteiger partial charge in [0.15, 0.2) is 0 Å². The Balaban J connectivity index is 2.23. The van der Waals surface area contributed by atoms with Crippen LogP contribution in [0.4, 0.5) is 0 Å². The first-order chi connectivity index (χ1) is 6.86. The maximum absolute atomic E-state index is 5.82. The molecule has 78 valence electrons. The van der Waals surface area contributed by atoms with Crippen LogP contribution in [0.2, 0.25) is 0 Å². The second kappa shape index (κ2) is 4.35. The first-order valence-electron chi connectivity index (χ1n) is 5.48. The van der Waals surface area contributed by atoms with E-state index in [4.69, 9.17) is 11.6 Å². The Morgan fingerprint density at radius 1 is 1.50 bits per heavy atom. The number of nitrogens with one attached hydrogen (secondary N) is 1. The van der Waals surface area contributed by atoms with Crippen molar-refractivity contribution in [3.63, 3.8) is 0 Å². The van der Waals surface area contributed by atoms with Crippen LogP contribution >= 0.6 is 11.6 Å². The molecule has 0 radical (unpaired) electrons. The highest BCUT2D eigenvalue weighted by molar-refractivity contribution is 6.18. The molecule has 2 nitrogen and oxygen atoms in total. The molecule has 1 N–H and O–H groups in total. The Morgan fingerprint density at radius 3 is 2.79 bits per heavy atom. The minimum atomic E-state index is 0.701. The number of aromatic nitrogens is 2. The second-order valence-electron chi connectivity index (χ2n) is 3.99. The van der Waals surface area contributed by atoms with E-state index in [1.165, 1.54) is 36.2 Å². The molecular formula is C11H17ClN2. The Labute approximate surface area is 90.0 Å². The van der Waals surface area contributed by atoms with E-state index in [1.54, 1.807) is 0 Å². The van der Waals surface area contributed by atoms with Crippen molar-refractivity contribution in [3.8, 4) is 0 Å². The zero-order valence-corrected chi connectivity index (χ0v) is 9.40. The van der Waals surface area contributed by atoms with E-state index in [1.807, 2.05) is 0 Å². The lowest BCUT2D eigenvalue weighted by atomic mass is 9.81. The molecule has 3 heteroatoms. The van der Waals surface area contributed by atoms with Crippen LogP contribution in [0, 0.1) is 0 Å². The van der Waals surface area contributed by atoms with Gasteiger partial charge in [0.05, 0.1) is 5.69 Å². The average molecular weight is 213 g/mol. The van der Waals surface area contributed by atoms with Crippen molar-refractivity contribution in [2.24, 2.45) is 0 Å². The van der Waals surface area contributed by atoms with Gasteiger partial charge in [0.2, 0.25) is 0 Å². The largest absolute Gasteiger partial charge is 0.282 e. The summed E-state index contributed by atoms with van der Waals surface area (Å²) in [5.74, 6) is 1.41. The van der Waals surface area contributed by atoms with Crippen LogP contribution in [0.25, 0.3) is 0 Å². The summed E-state index contributed by atoms with van der Waals surface area (Å²) in [4.78, 5) is 0. The number of nitrogens with zero attached hydrogens (tertiary/aromatic N) is 1. The monoisotopic (exact) mass is 212 g/mol. The maximum atomic E-state index is 5.82. The normalized spacial score (nSPS) is 17.0. The highest BCUT2D eigenvalue weighted by atomic mass is 35.5. The van der Waals surface area contributed by atoms with Crippen LogP contribution in [0.5, 0.6) is 0 Å². The van der Waals surface area contributed by atoms with Crippen LogP contribution in [0.1, 0.15) is 49.1 Å². The fourth-order valence-corrected chi connectivity index (χ4v) is 2.29. The van der Waals surface area contributed by atoms with Gasteiger partial charge >= 0.3 is 0 Å². The second-order valence-corrected chi connectivity index (χ2v) is 4.36. The van der Waals surface area contributed by atoms with Crippen LogP contribution in [0.15, 0.2) is 0 Å². The van der Waals surface area contributed by atoms with Gasteiger partial charge in [-0.05, 0) is 31.2 Å². The molecule has 14 heavy (non-hydrogen) atoms. The predicted octanol–water partition coefficient (Wildman–Crippen LogP) is 3.02. The fourth-order valence-electron chi connectivity index (χ4n) is 2.10. The zero-order chi connectivity index (χ0) is 9.97. The van der Waals surface area contributed by atoms with E-state index < -0.39 is 0 Å².